The van der Waals surface area contributed by atoms with Gasteiger partial charge in [-0.2, -0.15) is 13.2 Å². The molecule has 2 aromatic heterocycles. The lowest BCUT2D eigenvalue weighted by Crippen LogP contribution is -2.17. The van der Waals surface area contributed by atoms with Crippen LogP contribution in [0, 0.1) is 20.8 Å². The van der Waals surface area contributed by atoms with Crippen LogP contribution >= 0.6 is 0 Å². The Bertz CT molecular complexity index is 1410. The second kappa shape index (κ2) is 7.85. The van der Waals surface area contributed by atoms with Gasteiger partial charge in [-0.3, -0.25) is 4.79 Å². The number of benzene rings is 2. The molecule has 0 spiro atoms. The summed E-state index contributed by atoms with van der Waals surface area (Å²) in [5.74, 6) is 0.279. The van der Waals surface area contributed by atoms with Crippen LogP contribution in [0.2, 0.25) is 0 Å². The minimum atomic E-state index is -4.50. The van der Waals surface area contributed by atoms with E-state index in [4.69, 9.17) is 8.83 Å². The summed E-state index contributed by atoms with van der Waals surface area (Å²) in [5.41, 5.74) is 1.71. The van der Waals surface area contributed by atoms with Crippen molar-refractivity contribution < 1.29 is 26.8 Å². The summed E-state index contributed by atoms with van der Waals surface area (Å²) in [6.07, 6.45) is -4.49. The van der Waals surface area contributed by atoms with E-state index in [0.29, 0.717) is 22.3 Å². The average molecular weight is 443 g/mol. The van der Waals surface area contributed by atoms with Crippen LogP contribution in [0.1, 0.15) is 34.4 Å². The number of hydrogen-bond donors (Lipinski definition) is 1. The first kappa shape index (κ1) is 21.7. The highest BCUT2D eigenvalue weighted by atomic mass is 19.4. The van der Waals surface area contributed by atoms with Gasteiger partial charge in [0.25, 0.3) is 0 Å². The smallest absolute Gasteiger partial charge is 0.416 e. The van der Waals surface area contributed by atoms with Crippen molar-refractivity contribution in [2.45, 2.75) is 39.8 Å². The number of hydrogen-bond acceptors (Lipinski definition) is 4. The van der Waals surface area contributed by atoms with E-state index in [1.807, 2.05) is 19.9 Å². The molecular weight excluding hydrogens is 423 g/mol. The zero-order chi connectivity index (χ0) is 23.2. The SMILES string of the molecule is Cc1oc2cc3oc(=O)c(CCC(=O)Nc4cccc(C(F)(F)F)c4)c(C)c3cc2c1C. The first-order chi connectivity index (χ1) is 15.0. The molecule has 1 N–H and O–H groups in total. The second-order valence-electron chi connectivity index (χ2n) is 7.75. The standard InChI is InChI=1S/C24H20F3NO4/c1-12-14(3)31-20-11-21-19(10-18(12)20)13(2)17(23(30)32-21)7-8-22(29)28-16-6-4-5-15(9-16)24(25,26)27/h4-6,9-11H,7-8H2,1-3H3,(H,28,29). The van der Waals surface area contributed by atoms with Gasteiger partial charge < -0.3 is 14.2 Å². The fraction of sp³-hybridized carbons (Fsp3) is 0.250. The molecule has 8 heteroatoms. The van der Waals surface area contributed by atoms with Crippen molar-refractivity contribution >= 4 is 33.5 Å². The molecule has 166 valence electrons. The van der Waals surface area contributed by atoms with E-state index in [1.165, 1.54) is 12.1 Å². The summed E-state index contributed by atoms with van der Waals surface area (Å²) in [6, 6.07) is 7.99. The molecule has 0 bridgehead atoms. The lowest BCUT2D eigenvalue weighted by atomic mass is 10.0. The van der Waals surface area contributed by atoms with Crippen LogP contribution in [-0.2, 0) is 17.4 Å². The molecule has 0 atom stereocenters. The van der Waals surface area contributed by atoms with Gasteiger partial charge in [-0.15, -0.1) is 0 Å². The van der Waals surface area contributed by atoms with Crippen molar-refractivity contribution in [2.24, 2.45) is 0 Å². The molecule has 2 aromatic carbocycles. The molecule has 1 amide bonds. The lowest BCUT2D eigenvalue weighted by molar-refractivity contribution is -0.137. The summed E-state index contributed by atoms with van der Waals surface area (Å²) in [6.45, 7) is 5.59. The Balaban J connectivity index is 1.58. The second-order valence-corrected chi connectivity index (χ2v) is 7.75. The van der Waals surface area contributed by atoms with E-state index >= 15 is 0 Å². The van der Waals surface area contributed by atoms with Gasteiger partial charge in [0.15, 0.2) is 0 Å². The number of anilines is 1. The molecule has 4 aromatic rings. The number of carbonyl (C=O) groups excluding carboxylic acids is 1. The maximum absolute atomic E-state index is 12.9. The minimum Gasteiger partial charge on any atom is -0.461 e. The van der Waals surface area contributed by atoms with Gasteiger partial charge in [0, 0.05) is 34.5 Å². The third-order valence-corrected chi connectivity index (χ3v) is 5.66. The first-order valence-electron chi connectivity index (χ1n) is 9.97. The van der Waals surface area contributed by atoms with E-state index in [-0.39, 0.29) is 18.5 Å². The lowest BCUT2D eigenvalue weighted by Gasteiger charge is -2.11. The summed E-state index contributed by atoms with van der Waals surface area (Å²) >= 11 is 0. The van der Waals surface area contributed by atoms with E-state index in [1.54, 1.807) is 13.0 Å². The third-order valence-electron chi connectivity index (χ3n) is 5.66. The Morgan fingerprint density at radius 1 is 0.969 bits per heavy atom. The maximum atomic E-state index is 12.9. The Kier molecular flexibility index (Phi) is 5.32. The van der Waals surface area contributed by atoms with Gasteiger partial charge in [-0.05, 0) is 62.6 Å². The fourth-order valence-electron chi connectivity index (χ4n) is 3.75. The Morgan fingerprint density at radius 2 is 1.66 bits per heavy atom. The zero-order valence-corrected chi connectivity index (χ0v) is 17.6. The fourth-order valence-corrected chi connectivity index (χ4v) is 3.75. The van der Waals surface area contributed by atoms with Crippen LogP contribution in [0.4, 0.5) is 18.9 Å². The van der Waals surface area contributed by atoms with Gasteiger partial charge in [0.1, 0.15) is 16.9 Å². The van der Waals surface area contributed by atoms with E-state index in [2.05, 4.69) is 5.32 Å². The van der Waals surface area contributed by atoms with Crippen LogP contribution < -0.4 is 10.9 Å². The monoisotopic (exact) mass is 443 g/mol. The van der Waals surface area contributed by atoms with Crippen molar-refractivity contribution in [1.29, 1.82) is 0 Å². The molecule has 0 saturated heterocycles. The van der Waals surface area contributed by atoms with E-state index in [9.17, 15) is 22.8 Å². The number of amides is 1. The van der Waals surface area contributed by atoms with Gasteiger partial charge in [0.05, 0.1) is 5.56 Å². The number of rotatable bonds is 4. The number of aryl methyl sites for hydroxylation is 3. The highest BCUT2D eigenvalue weighted by Gasteiger charge is 2.30. The summed E-state index contributed by atoms with van der Waals surface area (Å²) in [5, 5.41) is 4.11. The van der Waals surface area contributed by atoms with Crippen molar-refractivity contribution in [3.63, 3.8) is 0 Å². The van der Waals surface area contributed by atoms with Crippen molar-refractivity contribution in [3.05, 3.63) is 74.8 Å². The van der Waals surface area contributed by atoms with Gasteiger partial charge in [-0.1, -0.05) is 6.07 Å². The quantitative estimate of drug-likeness (QED) is 0.390. The van der Waals surface area contributed by atoms with Crippen molar-refractivity contribution in [2.75, 3.05) is 5.32 Å². The van der Waals surface area contributed by atoms with Crippen LogP contribution in [0.15, 0.2) is 50.0 Å². The Morgan fingerprint density at radius 3 is 2.38 bits per heavy atom. The highest BCUT2D eigenvalue weighted by Crippen LogP contribution is 2.32. The third kappa shape index (κ3) is 4.00. The molecule has 4 rings (SSSR count). The van der Waals surface area contributed by atoms with Crippen LogP contribution in [0.3, 0.4) is 0 Å². The predicted octanol–water partition coefficient (Wildman–Crippen LogP) is 6.05. The molecular formula is C24H20F3NO4. The Hall–Kier alpha value is -3.55. The average Bonchev–Trinajstić information content (AvgIpc) is 2.99. The van der Waals surface area contributed by atoms with Gasteiger partial charge in [0.2, 0.25) is 5.91 Å². The topological polar surface area (TPSA) is 72.5 Å². The number of nitrogens with one attached hydrogen (secondary N) is 1. The molecule has 0 saturated carbocycles. The normalized spacial score (nSPS) is 11.9. The molecule has 0 unspecified atom stereocenters. The Labute approximate surface area is 180 Å². The highest BCUT2D eigenvalue weighted by molar-refractivity contribution is 5.97. The number of fused-ring (bicyclic) bond motifs is 2. The van der Waals surface area contributed by atoms with E-state index in [0.717, 1.165) is 34.2 Å². The molecule has 32 heavy (non-hydrogen) atoms. The molecule has 2 heterocycles. The number of carbonyl (C=O) groups is 1. The molecule has 0 aliphatic carbocycles. The van der Waals surface area contributed by atoms with Crippen LogP contribution in [0.5, 0.6) is 0 Å². The zero-order valence-electron chi connectivity index (χ0n) is 17.6. The largest absolute Gasteiger partial charge is 0.461 e. The molecule has 5 nitrogen and oxygen atoms in total. The van der Waals surface area contributed by atoms with Crippen molar-refractivity contribution in [1.82, 2.24) is 0 Å². The van der Waals surface area contributed by atoms with Crippen LogP contribution in [-0.4, -0.2) is 5.91 Å². The van der Waals surface area contributed by atoms with Gasteiger partial charge in [-0.25, -0.2) is 4.79 Å². The van der Waals surface area contributed by atoms with Crippen LogP contribution in [0.25, 0.3) is 21.9 Å². The molecule has 0 fully saturated rings. The minimum absolute atomic E-state index is 0.0419. The van der Waals surface area contributed by atoms with Crippen molar-refractivity contribution in [3.8, 4) is 0 Å². The first-order valence-corrected chi connectivity index (χ1v) is 9.97. The predicted molar refractivity (Wildman–Crippen MR) is 115 cm³/mol. The number of alkyl halides is 3. The number of furan rings is 1. The van der Waals surface area contributed by atoms with Gasteiger partial charge >= 0.3 is 11.8 Å². The molecule has 0 aliphatic rings. The van der Waals surface area contributed by atoms with E-state index < -0.39 is 23.3 Å². The molecule has 0 radical (unpaired) electrons. The summed E-state index contributed by atoms with van der Waals surface area (Å²) < 4.78 is 49.7. The molecule has 0 aliphatic heterocycles. The maximum Gasteiger partial charge on any atom is 0.416 e. The number of halogens is 3. The summed E-state index contributed by atoms with van der Waals surface area (Å²) in [7, 11) is 0. The summed E-state index contributed by atoms with van der Waals surface area (Å²) in [4.78, 5) is 24.9.